The Morgan fingerprint density at radius 1 is 1.18 bits per heavy atom. The summed E-state index contributed by atoms with van der Waals surface area (Å²) in [6.07, 6.45) is 5.74. The van der Waals surface area contributed by atoms with E-state index in [-0.39, 0.29) is 6.04 Å². The van der Waals surface area contributed by atoms with E-state index in [1.807, 2.05) is 0 Å². The standard InChI is InChI=1S/C13H22N2O2/c16-13-12(14-11-1-2-11)3-6-15(13)9-10-4-7-17-8-5-10/h10-12,14H,1-9H2. The molecule has 1 amide bonds. The number of carbonyl (C=O) groups excluding carboxylic acids is 1. The molecule has 2 saturated heterocycles. The lowest BCUT2D eigenvalue weighted by Crippen LogP contribution is -2.41. The fourth-order valence-electron chi connectivity index (χ4n) is 2.85. The molecular weight excluding hydrogens is 216 g/mol. The Labute approximate surface area is 103 Å². The van der Waals surface area contributed by atoms with Crippen molar-refractivity contribution in [2.45, 2.75) is 44.2 Å². The van der Waals surface area contributed by atoms with Gasteiger partial charge in [0, 0.05) is 32.3 Å². The lowest BCUT2D eigenvalue weighted by atomic mass is 10.00. The fraction of sp³-hybridized carbons (Fsp3) is 0.923. The lowest BCUT2D eigenvalue weighted by Gasteiger charge is -2.27. The first kappa shape index (κ1) is 11.5. The maximum atomic E-state index is 12.2. The molecule has 2 heterocycles. The van der Waals surface area contributed by atoms with Crippen LogP contribution < -0.4 is 5.32 Å². The van der Waals surface area contributed by atoms with Crippen molar-refractivity contribution in [2.24, 2.45) is 5.92 Å². The molecule has 0 aromatic rings. The topological polar surface area (TPSA) is 41.6 Å². The van der Waals surface area contributed by atoms with Crippen LogP contribution in [0.2, 0.25) is 0 Å². The lowest BCUT2D eigenvalue weighted by molar-refractivity contribution is -0.130. The Morgan fingerprint density at radius 3 is 2.65 bits per heavy atom. The van der Waals surface area contributed by atoms with Gasteiger partial charge in [0.05, 0.1) is 6.04 Å². The number of rotatable bonds is 4. The molecule has 1 atom stereocenters. The van der Waals surface area contributed by atoms with Gasteiger partial charge >= 0.3 is 0 Å². The van der Waals surface area contributed by atoms with Crippen LogP contribution in [-0.4, -0.2) is 49.2 Å². The molecule has 1 N–H and O–H groups in total. The maximum absolute atomic E-state index is 12.2. The number of nitrogens with one attached hydrogen (secondary N) is 1. The molecule has 0 radical (unpaired) electrons. The van der Waals surface area contributed by atoms with Crippen molar-refractivity contribution < 1.29 is 9.53 Å². The SMILES string of the molecule is O=C1C(NC2CC2)CCN1CC1CCOCC1. The van der Waals surface area contributed by atoms with Crippen molar-refractivity contribution >= 4 is 5.91 Å². The summed E-state index contributed by atoms with van der Waals surface area (Å²) in [6.45, 7) is 3.64. The zero-order valence-electron chi connectivity index (χ0n) is 10.4. The molecule has 3 fully saturated rings. The van der Waals surface area contributed by atoms with Crippen LogP contribution in [0.4, 0.5) is 0 Å². The van der Waals surface area contributed by atoms with Crippen molar-refractivity contribution in [3.63, 3.8) is 0 Å². The van der Waals surface area contributed by atoms with Crippen molar-refractivity contribution in [1.29, 1.82) is 0 Å². The van der Waals surface area contributed by atoms with Crippen LogP contribution in [0.1, 0.15) is 32.1 Å². The number of hydrogen-bond donors (Lipinski definition) is 1. The minimum Gasteiger partial charge on any atom is -0.381 e. The van der Waals surface area contributed by atoms with E-state index in [4.69, 9.17) is 4.74 Å². The summed E-state index contributed by atoms with van der Waals surface area (Å²) in [5, 5.41) is 3.45. The smallest absolute Gasteiger partial charge is 0.239 e. The summed E-state index contributed by atoms with van der Waals surface area (Å²) in [4.78, 5) is 14.2. The Bertz CT molecular complexity index is 285. The highest BCUT2D eigenvalue weighted by atomic mass is 16.5. The molecule has 4 nitrogen and oxygen atoms in total. The third-order valence-corrected chi connectivity index (χ3v) is 4.13. The molecule has 0 aromatic carbocycles. The van der Waals surface area contributed by atoms with Gasteiger partial charge in [0.15, 0.2) is 0 Å². The van der Waals surface area contributed by atoms with E-state index < -0.39 is 0 Å². The van der Waals surface area contributed by atoms with Gasteiger partial charge < -0.3 is 15.0 Å². The summed E-state index contributed by atoms with van der Waals surface area (Å²) in [5.74, 6) is 0.996. The third-order valence-electron chi connectivity index (χ3n) is 4.13. The van der Waals surface area contributed by atoms with Crippen LogP contribution in [0.5, 0.6) is 0 Å². The van der Waals surface area contributed by atoms with Crippen molar-refractivity contribution in [2.75, 3.05) is 26.3 Å². The Hall–Kier alpha value is -0.610. The van der Waals surface area contributed by atoms with E-state index in [0.717, 1.165) is 45.6 Å². The quantitative estimate of drug-likeness (QED) is 0.786. The van der Waals surface area contributed by atoms with Gasteiger partial charge in [-0.3, -0.25) is 4.79 Å². The number of amides is 1. The van der Waals surface area contributed by atoms with E-state index >= 15 is 0 Å². The van der Waals surface area contributed by atoms with Crippen LogP contribution in [-0.2, 0) is 9.53 Å². The van der Waals surface area contributed by atoms with Crippen LogP contribution in [0.15, 0.2) is 0 Å². The molecule has 3 aliphatic rings. The first-order chi connectivity index (χ1) is 8.33. The van der Waals surface area contributed by atoms with Gasteiger partial charge in [0.1, 0.15) is 0 Å². The molecule has 3 rings (SSSR count). The predicted molar refractivity (Wildman–Crippen MR) is 64.7 cm³/mol. The second-order valence-electron chi connectivity index (χ2n) is 5.62. The second kappa shape index (κ2) is 4.94. The molecule has 1 aliphatic carbocycles. The zero-order valence-corrected chi connectivity index (χ0v) is 10.4. The number of ether oxygens (including phenoxy) is 1. The number of carbonyl (C=O) groups is 1. The van der Waals surface area contributed by atoms with Crippen LogP contribution in [0.3, 0.4) is 0 Å². The molecule has 17 heavy (non-hydrogen) atoms. The monoisotopic (exact) mass is 238 g/mol. The molecule has 1 saturated carbocycles. The number of hydrogen-bond acceptors (Lipinski definition) is 3. The minimum atomic E-state index is 0.113. The highest BCUT2D eigenvalue weighted by molar-refractivity contribution is 5.84. The van der Waals surface area contributed by atoms with E-state index in [0.29, 0.717) is 17.9 Å². The van der Waals surface area contributed by atoms with Gasteiger partial charge in [0.25, 0.3) is 0 Å². The first-order valence-electron chi connectivity index (χ1n) is 6.95. The van der Waals surface area contributed by atoms with Gasteiger partial charge in [-0.25, -0.2) is 0 Å². The second-order valence-corrected chi connectivity index (χ2v) is 5.62. The summed E-state index contributed by atoms with van der Waals surface area (Å²) in [5.41, 5.74) is 0. The summed E-state index contributed by atoms with van der Waals surface area (Å²) in [6, 6.07) is 0.745. The maximum Gasteiger partial charge on any atom is 0.239 e. The molecule has 96 valence electrons. The van der Waals surface area contributed by atoms with Gasteiger partial charge in [-0.05, 0) is 38.0 Å². The molecule has 0 spiro atoms. The third kappa shape index (κ3) is 2.80. The van der Waals surface area contributed by atoms with Crippen LogP contribution >= 0.6 is 0 Å². The van der Waals surface area contributed by atoms with Crippen molar-refractivity contribution in [3.05, 3.63) is 0 Å². The first-order valence-corrected chi connectivity index (χ1v) is 6.95. The number of likely N-dealkylation sites (tertiary alicyclic amines) is 1. The van der Waals surface area contributed by atoms with Gasteiger partial charge in [0.2, 0.25) is 5.91 Å². The van der Waals surface area contributed by atoms with E-state index in [9.17, 15) is 4.79 Å². The van der Waals surface area contributed by atoms with E-state index in [1.54, 1.807) is 0 Å². The van der Waals surface area contributed by atoms with Gasteiger partial charge in [-0.2, -0.15) is 0 Å². The molecule has 0 aromatic heterocycles. The van der Waals surface area contributed by atoms with Gasteiger partial charge in [-0.1, -0.05) is 0 Å². The molecule has 1 unspecified atom stereocenters. The average Bonchev–Trinajstić information content (AvgIpc) is 3.11. The molecule has 0 bridgehead atoms. The summed E-state index contributed by atoms with van der Waals surface area (Å²) in [7, 11) is 0. The number of nitrogens with zero attached hydrogens (tertiary/aromatic N) is 1. The molecule has 2 aliphatic heterocycles. The Morgan fingerprint density at radius 2 is 1.94 bits per heavy atom. The highest BCUT2D eigenvalue weighted by Gasteiger charge is 2.36. The average molecular weight is 238 g/mol. The predicted octanol–water partition coefficient (Wildman–Crippen LogP) is 0.766. The van der Waals surface area contributed by atoms with Crippen LogP contribution in [0, 0.1) is 5.92 Å². The minimum absolute atomic E-state index is 0.113. The molecule has 4 heteroatoms. The van der Waals surface area contributed by atoms with Crippen LogP contribution in [0.25, 0.3) is 0 Å². The van der Waals surface area contributed by atoms with Crippen molar-refractivity contribution in [3.8, 4) is 0 Å². The molecular formula is C13H22N2O2. The largest absolute Gasteiger partial charge is 0.381 e. The van der Waals surface area contributed by atoms with E-state index in [2.05, 4.69) is 10.2 Å². The Balaban J connectivity index is 1.48. The fourth-order valence-corrected chi connectivity index (χ4v) is 2.85. The summed E-state index contributed by atoms with van der Waals surface area (Å²) >= 11 is 0. The van der Waals surface area contributed by atoms with Crippen molar-refractivity contribution in [1.82, 2.24) is 10.2 Å². The van der Waals surface area contributed by atoms with E-state index in [1.165, 1.54) is 12.8 Å². The summed E-state index contributed by atoms with van der Waals surface area (Å²) < 4.78 is 5.36. The zero-order chi connectivity index (χ0) is 11.7. The Kier molecular flexibility index (Phi) is 3.34. The van der Waals surface area contributed by atoms with Gasteiger partial charge in [-0.15, -0.1) is 0 Å². The normalized spacial score (nSPS) is 31.2. The highest BCUT2D eigenvalue weighted by Crippen LogP contribution is 2.24.